The third kappa shape index (κ3) is 3.01. The van der Waals surface area contributed by atoms with Crippen molar-refractivity contribution < 1.29 is 8.78 Å². The zero-order valence-electron chi connectivity index (χ0n) is 9.85. The molecular weight excluding hydrogens is 401 g/mol. The van der Waals surface area contributed by atoms with Crippen LogP contribution in [0.2, 0.25) is 0 Å². The van der Waals surface area contributed by atoms with E-state index in [0.717, 1.165) is 20.6 Å². The molecule has 0 N–H and O–H groups in total. The molecule has 0 nitrogen and oxygen atoms in total. The number of hydrogen-bond acceptors (Lipinski definition) is 0. The molecule has 0 aromatic heterocycles. The smallest absolute Gasteiger partial charge is 0.163 e. The molecule has 5 heteroatoms. The predicted molar refractivity (Wildman–Crippen MR) is 80.6 cm³/mol. The maximum absolute atomic E-state index is 13.8. The zero-order valence-corrected chi connectivity index (χ0v) is 13.8. The summed E-state index contributed by atoms with van der Waals surface area (Å²) < 4.78 is 28.6. The molecule has 2 aromatic carbocycles. The van der Waals surface area contributed by atoms with Crippen LogP contribution in [0.25, 0.3) is 0 Å². The van der Waals surface area contributed by atoms with Gasteiger partial charge in [0.15, 0.2) is 11.6 Å². The fourth-order valence-corrected chi connectivity index (χ4v) is 3.27. The van der Waals surface area contributed by atoms with E-state index in [9.17, 15) is 8.78 Å². The molecule has 2 aromatic rings. The zero-order chi connectivity index (χ0) is 14.2. The number of rotatable bonds is 2. The van der Waals surface area contributed by atoms with Crippen LogP contribution in [0.4, 0.5) is 8.78 Å². The van der Waals surface area contributed by atoms with Gasteiger partial charge < -0.3 is 0 Å². The second kappa shape index (κ2) is 5.90. The van der Waals surface area contributed by atoms with Crippen LogP contribution in [0.1, 0.15) is 22.1 Å². The molecular formula is C14H9Br2ClF2. The van der Waals surface area contributed by atoms with E-state index in [-0.39, 0.29) is 5.56 Å². The Morgan fingerprint density at radius 1 is 1.05 bits per heavy atom. The first kappa shape index (κ1) is 14.9. The first-order valence-electron chi connectivity index (χ1n) is 5.45. The summed E-state index contributed by atoms with van der Waals surface area (Å²) in [5.74, 6) is -1.81. The molecule has 1 atom stereocenters. The van der Waals surface area contributed by atoms with Crippen LogP contribution in [-0.4, -0.2) is 0 Å². The van der Waals surface area contributed by atoms with Crippen LogP contribution in [-0.2, 0) is 0 Å². The quantitative estimate of drug-likeness (QED) is 0.523. The summed E-state index contributed by atoms with van der Waals surface area (Å²) in [6.07, 6.45) is 0. The summed E-state index contributed by atoms with van der Waals surface area (Å²) in [6, 6.07) is 7.69. The van der Waals surface area contributed by atoms with E-state index in [1.54, 1.807) is 6.07 Å². The van der Waals surface area contributed by atoms with Gasteiger partial charge in [-0.25, -0.2) is 8.78 Å². The standard InChI is InChI=1S/C14H9Br2ClF2/c1-7-5-11(16)9(6-10(7)15)13(17)8-3-2-4-12(18)14(8)19/h2-6,13H,1H3. The van der Waals surface area contributed by atoms with Gasteiger partial charge in [-0.05, 0) is 36.2 Å². The monoisotopic (exact) mass is 408 g/mol. The highest BCUT2D eigenvalue weighted by atomic mass is 79.9. The fourth-order valence-electron chi connectivity index (χ4n) is 1.74. The average molecular weight is 410 g/mol. The lowest BCUT2D eigenvalue weighted by molar-refractivity contribution is 0.500. The molecule has 0 amide bonds. The minimum absolute atomic E-state index is 0.123. The van der Waals surface area contributed by atoms with Gasteiger partial charge >= 0.3 is 0 Å². The van der Waals surface area contributed by atoms with Crippen LogP contribution in [0.15, 0.2) is 39.3 Å². The van der Waals surface area contributed by atoms with Gasteiger partial charge in [-0.1, -0.05) is 44.0 Å². The first-order chi connectivity index (χ1) is 8.91. The highest BCUT2D eigenvalue weighted by Crippen LogP contribution is 2.38. The van der Waals surface area contributed by atoms with E-state index in [4.69, 9.17) is 11.6 Å². The average Bonchev–Trinajstić information content (AvgIpc) is 2.36. The number of aryl methyl sites for hydroxylation is 1. The Labute approximate surface area is 132 Å². The fraction of sp³-hybridized carbons (Fsp3) is 0.143. The Kier molecular flexibility index (Phi) is 4.64. The molecule has 0 spiro atoms. The van der Waals surface area contributed by atoms with Gasteiger partial charge in [-0.15, -0.1) is 11.6 Å². The first-order valence-corrected chi connectivity index (χ1v) is 7.47. The van der Waals surface area contributed by atoms with E-state index in [2.05, 4.69) is 31.9 Å². The molecule has 0 bridgehead atoms. The molecule has 0 saturated heterocycles. The van der Waals surface area contributed by atoms with Gasteiger partial charge in [-0.2, -0.15) is 0 Å². The summed E-state index contributed by atoms with van der Waals surface area (Å²) in [5.41, 5.74) is 1.83. The third-order valence-corrected chi connectivity index (χ3v) is 4.82. The second-order valence-corrected chi connectivity index (χ2v) is 6.27. The van der Waals surface area contributed by atoms with E-state index in [1.807, 2.05) is 13.0 Å². The number of hydrogen-bond donors (Lipinski definition) is 0. The maximum atomic E-state index is 13.8. The Balaban J connectivity index is 2.53. The summed E-state index contributed by atoms with van der Waals surface area (Å²) >= 11 is 13.1. The van der Waals surface area contributed by atoms with Gasteiger partial charge in [-0.3, -0.25) is 0 Å². The summed E-state index contributed by atoms with van der Waals surface area (Å²) in [4.78, 5) is 0. The predicted octanol–water partition coefficient (Wildman–Crippen LogP) is 6.13. The van der Waals surface area contributed by atoms with Crippen molar-refractivity contribution in [3.63, 3.8) is 0 Å². The largest absolute Gasteiger partial charge is 0.204 e. The number of halogens is 5. The SMILES string of the molecule is Cc1cc(Br)c(C(Cl)c2cccc(F)c2F)cc1Br. The van der Waals surface area contributed by atoms with Crippen molar-refractivity contribution in [2.75, 3.05) is 0 Å². The Hall–Kier alpha value is -0.450. The molecule has 2 rings (SSSR count). The van der Waals surface area contributed by atoms with Gasteiger partial charge in [0.05, 0.1) is 5.38 Å². The van der Waals surface area contributed by atoms with Crippen LogP contribution < -0.4 is 0 Å². The molecule has 0 aliphatic heterocycles. The second-order valence-electron chi connectivity index (χ2n) is 4.13. The van der Waals surface area contributed by atoms with Gasteiger partial charge in [0, 0.05) is 14.5 Å². The lowest BCUT2D eigenvalue weighted by atomic mass is 10.0. The van der Waals surface area contributed by atoms with Gasteiger partial charge in [0.25, 0.3) is 0 Å². The van der Waals surface area contributed by atoms with Crippen molar-refractivity contribution in [3.05, 3.63) is 67.6 Å². The van der Waals surface area contributed by atoms with Crippen molar-refractivity contribution in [1.82, 2.24) is 0 Å². The lowest BCUT2D eigenvalue weighted by Crippen LogP contribution is -2.00. The van der Waals surface area contributed by atoms with Crippen LogP contribution in [0.5, 0.6) is 0 Å². The topological polar surface area (TPSA) is 0 Å². The van der Waals surface area contributed by atoms with E-state index >= 15 is 0 Å². The molecule has 0 heterocycles. The Morgan fingerprint density at radius 3 is 2.42 bits per heavy atom. The molecule has 0 fully saturated rings. The summed E-state index contributed by atoms with van der Waals surface area (Å²) in [5, 5.41) is -0.762. The highest BCUT2D eigenvalue weighted by Gasteiger charge is 2.20. The molecule has 0 saturated carbocycles. The van der Waals surface area contributed by atoms with Crippen molar-refractivity contribution >= 4 is 43.5 Å². The molecule has 0 radical (unpaired) electrons. The molecule has 1 unspecified atom stereocenters. The molecule has 0 aliphatic rings. The maximum Gasteiger partial charge on any atom is 0.163 e. The van der Waals surface area contributed by atoms with Crippen LogP contribution in [0.3, 0.4) is 0 Å². The van der Waals surface area contributed by atoms with Crippen molar-refractivity contribution in [3.8, 4) is 0 Å². The minimum atomic E-state index is -0.911. The van der Waals surface area contributed by atoms with Crippen molar-refractivity contribution in [2.24, 2.45) is 0 Å². The minimum Gasteiger partial charge on any atom is -0.204 e. The van der Waals surface area contributed by atoms with Crippen molar-refractivity contribution in [2.45, 2.75) is 12.3 Å². The van der Waals surface area contributed by atoms with Crippen molar-refractivity contribution in [1.29, 1.82) is 0 Å². The van der Waals surface area contributed by atoms with Gasteiger partial charge in [0.2, 0.25) is 0 Å². The van der Waals surface area contributed by atoms with E-state index in [0.29, 0.717) is 5.56 Å². The number of benzene rings is 2. The summed E-state index contributed by atoms with van der Waals surface area (Å²) in [6.45, 7) is 1.94. The van der Waals surface area contributed by atoms with Crippen LogP contribution >= 0.6 is 43.5 Å². The normalized spacial score (nSPS) is 12.5. The Morgan fingerprint density at radius 2 is 1.74 bits per heavy atom. The molecule has 100 valence electrons. The highest BCUT2D eigenvalue weighted by molar-refractivity contribution is 9.11. The lowest BCUT2D eigenvalue weighted by Gasteiger charge is -2.15. The van der Waals surface area contributed by atoms with E-state index < -0.39 is 17.0 Å². The van der Waals surface area contributed by atoms with Crippen LogP contribution in [0, 0.1) is 18.6 Å². The Bertz CT molecular complexity index is 629. The molecule has 0 aliphatic carbocycles. The van der Waals surface area contributed by atoms with E-state index in [1.165, 1.54) is 12.1 Å². The van der Waals surface area contributed by atoms with Gasteiger partial charge in [0.1, 0.15) is 0 Å². The summed E-state index contributed by atoms with van der Waals surface area (Å²) in [7, 11) is 0. The third-order valence-electron chi connectivity index (χ3n) is 2.81. The number of alkyl halides is 1. The molecule has 19 heavy (non-hydrogen) atoms.